The summed E-state index contributed by atoms with van der Waals surface area (Å²) in [5.41, 5.74) is 0.776. The summed E-state index contributed by atoms with van der Waals surface area (Å²) in [6.07, 6.45) is -1.10. The lowest BCUT2D eigenvalue weighted by molar-refractivity contribution is -0.384. The standard InChI is InChI=1S/C19H21N3O6/c1-13(18(24)21-12-14-5-3-2-4-6-14)28-19(25)16-11-15(22(26)27)7-8-17(16)20-9-10-23/h2-8,11,13,20,23H,9-10,12H2,1H3,(H,21,24)/t13-/m1/s1. The quantitative estimate of drug-likeness (QED) is 0.340. The second-order valence-corrected chi connectivity index (χ2v) is 5.89. The molecular formula is C19H21N3O6. The highest BCUT2D eigenvalue weighted by Gasteiger charge is 2.23. The molecule has 0 radical (unpaired) electrons. The second kappa shape index (κ2) is 10.0. The van der Waals surface area contributed by atoms with Crippen molar-refractivity contribution in [2.45, 2.75) is 19.6 Å². The molecule has 28 heavy (non-hydrogen) atoms. The number of benzene rings is 2. The van der Waals surface area contributed by atoms with Gasteiger partial charge in [0.05, 0.1) is 17.1 Å². The fourth-order valence-corrected chi connectivity index (χ4v) is 2.37. The van der Waals surface area contributed by atoms with Gasteiger partial charge in [-0.1, -0.05) is 30.3 Å². The van der Waals surface area contributed by atoms with Gasteiger partial charge in [0.25, 0.3) is 11.6 Å². The average Bonchev–Trinajstić information content (AvgIpc) is 2.70. The van der Waals surface area contributed by atoms with Crippen LogP contribution in [0.15, 0.2) is 48.5 Å². The molecule has 0 aliphatic heterocycles. The van der Waals surface area contributed by atoms with E-state index in [2.05, 4.69) is 10.6 Å². The van der Waals surface area contributed by atoms with Crippen molar-refractivity contribution in [1.82, 2.24) is 5.32 Å². The Hall–Kier alpha value is -3.46. The number of hydrogen-bond donors (Lipinski definition) is 3. The number of nitrogens with one attached hydrogen (secondary N) is 2. The number of anilines is 1. The van der Waals surface area contributed by atoms with E-state index in [1.165, 1.54) is 19.1 Å². The van der Waals surface area contributed by atoms with Gasteiger partial charge in [0, 0.05) is 30.9 Å². The van der Waals surface area contributed by atoms with Gasteiger partial charge in [-0.15, -0.1) is 0 Å². The van der Waals surface area contributed by atoms with E-state index in [9.17, 15) is 19.7 Å². The first-order chi connectivity index (χ1) is 13.4. The zero-order chi connectivity index (χ0) is 20.5. The number of non-ortho nitro benzene ring substituents is 1. The summed E-state index contributed by atoms with van der Waals surface area (Å²) in [5, 5.41) is 25.4. The molecule has 0 heterocycles. The van der Waals surface area contributed by atoms with Gasteiger partial charge in [0.1, 0.15) is 0 Å². The molecule has 0 aliphatic rings. The van der Waals surface area contributed by atoms with Gasteiger partial charge in [0.2, 0.25) is 0 Å². The van der Waals surface area contributed by atoms with Gasteiger partial charge < -0.3 is 20.5 Å². The number of nitro benzene ring substituents is 1. The highest BCUT2D eigenvalue weighted by atomic mass is 16.6. The van der Waals surface area contributed by atoms with Crippen molar-refractivity contribution in [3.05, 3.63) is 69.8 Å². The summed E-state index contributed by atoms with van der Waals surface area (Å²) in [5.74, 6) is -1.38. The minimum atomic E-state index is -1.10. The maximum atomic E-state index is 12.5. The van der Waals surface area contributed by atoms with Gasteiger partial charge in [0.15, 0.2) is 6.10 Å². The fourth-order valence-electron chi connectivity index (χ4n) is 2.37. The summed E-state index contributed by atoms with van der Waals surface area (Å²) >= 11 is 0. The molecule has 0 aliphatic carbocycles. The van der Waals surface area contributed by atoms with Gasteiger partial charge in [-0.2, -0.15) is 0 Å². The van der Waals surface area contributed by atoms with E-state index in [0.717, 1.165) is 11.6 Å². The Labute approximate surface area is 161 Å². The minimum Gasteiger partial charge on any atom is -0.449 e. The number of nitro groups is 1. The van der Waals surface area contributed by atoms with Crippen molar-refractivity contribution in [1.29, 1.82) is 0 Å². The molecule has 3 N–H and O–H groups in total. The average molecular weight is 387 g/mol. The van der Waals surface area contributed by atoms with Crippen LogP contribution < -0.4 is 10.6 Å². The number of carbonyl (C=O) groups is 2. The first-order valence-corrected chi connectivity index (χ1v) is 8.58. The smallest absolute Gasteiger partial charge is 0.341 e. The minimum absolute atomic E-state index is 0.0923. The maximum absolute atomic E-state index is 12.5. The number of carbonyl (C=O) groups excluding carboxylic acids is 2. The number of aliphatic hydroxyl groups excluding tert-OH is 1. The van der Waals surface area contributed by atoms with Crippen molar-refractivity contribution < 1.29 is 24.4 Å². The van der Waals surface area contributed by atoms with Crippen LogP contribution in [0, 0.1) is 10.1 Å². The molecule has 0 aromatic heterocycles. The van der Waals surface area contributed by atoms with E-state index in [0.29, 0.717) is 0 Å². The van der Waals surface area contributed by atoms with Crippen LogP contribution in [-0.2, 0) is 16.1 Å². The normalized spacial score (nSPS) is 11.4. The molecule has 0 fully saturated rings. The summed E-state index contributed by atoms with van der Waals surface area (Å²) in [4.78, 5) is 35.0. The largest absolute Gasteiger partial charge is 0.449 e. The van der Waals surface area contributed by atoms with Gasteiger partial charge in [-0.3, -0.25) is 14.9 Å². The molecule has 2 aromatic carbocycles. The highest BCUT2D eigenvalue weighted by Crippen LogP contribution is 2.23. The third-order valence-corrected chi connectivity index (χ3v) is 3.82. The topological polar surface area (TPSA) is 131 Å². The summed E-state index contributed by atoms with van der Waals surface area (Å²) < 4.78 is 5.17. The van der Waals surface area contributed by atoms with Crippen molar-refractivity contribution in [3.63, 3.8) is 0 Å². The zero-order valence-corrected chi connectivity index (χ0v) is 15.3. The SMILES string of the molecule is C[C@@H](OC(=O)c1cc([N+](=O)[O-])ccc1NCCO)C(=O)NCc1ccccc1. The molecule has 2 aromatic rings. The van der Waals surface area contributed by atoms with Crippen molar-refractivity contribution in [2.24, 2.45) is 0 Å². The molecule has 2 rings (SSSR count). The maximum Gasteiger partial charge on any atom is 0.341 e. The van der Waals surface area contributed by atoms with Crippen LogP contribution in [0.1, 0.15) is 22.8 Å². The molecule has 0 spiro atoms. The summed E-state index contributed by atoms with van der Waals surface area (Å²) in [6.45, 7) is 1.65. The van der Waals surface area contributed by atoms with E-state index in [1.54, 1.807) is 0 Å². The molecule has 9 heteroatoms. The van der Waals surface area contributed by atoms with Gasteiger partial charge >= 0.3 is 5.97 Å². The van der Waals surface area contributed by atoms with Gasteiger partial charge in [-0.25, -0.2) is 4.79 Å². The fraction of sp³-hybridized carbons (Fsp3) is 0.263. The molecule has 9 nitrogen and oxygen atoms in total. The van der Waals surface area contributed by atoms with E-state index in [1.807, 2.05) is 30.3 Å². The molecule has 1 amide bonds. The third kappa shape index (κ3) is 5.78. The lowest BCUT2D eigenvalue weighted by Gasteiger charge is -2.15. The predicted octanol–water partition coefficient (Wildman–Crippen LogP) is 1.86. The van der Waals surface area contributed by atoms with E-state index in [-0.39, 0.29) is 36.6 Å². The Kier molecular flexibility index (Phi) is 7.46. The zero-order valence-electron chi connectivity index (χ0n) is 15.3. The van der Waals surface area contributed by atoms with Crippen LogP contribution in [0.3, 0.4) is 0 Å². The Balaban J connectivity index is 2.06. The number of aliphatic hydroxyl groups is 1. The predicted molar refractivity (Wildman–Crippen MR) is 102 cm³/mol. The molecule has 0 saturated carbocycles. The number of rotatable bonds is 9. The molecule has 1 atom stereocenters. The van der Waals surface area contributed by atoms with Crippen LogP contribution in [0.5, 0.6) is 0 Å². The Bertz CT molecular complexity index is 841. The number of hydrogen-bond acceptors (Lipinski definition) is 7. The molecule has 148 valence electrons. The molecule has 0 bridgehead atoms. The highest BCUT2D eigenvalue weighted by molar-refractivity contribution is 5.98. The lowest BCUT2D eigenvalue weighted by Crippen LogP contribution is -2.35. The van der Waals surface area contributed by atoms with Crippen molar-refractivity contribution >= 4 is 23.3 Å². The van der Waals surface area contributed by atoms with Crippen molar-refractivity contribution in [2.75, 3.05) is 18.5 Å². The first-order valence-electron chi connectivity index (χ1n) is 8.58. The van der Waals surface area contributed by atoms with E-state index < -0.39 is 22.9 Å². The molecular weight excluding hydrogens is 366 g/mol. The van der Waals surface area contributed by atoms with Gasteiger partial charge in [-0.05, 0) is 18.6 Å². The van der Waals surface area contributed by atoms with E-state index in [4.69, 9.17) is 9.84 Å². The number of nitrogens with zero attached hydrogens (tertiary/aromatic N) is 1. The van der Waals surface area contributed by atoms with Crippen LogP contribution in [0.25, 0.3) is 0 Å². The lowest BCUT2D eigenvalue weighted by atomic mass is 10.1. The molecule has 0 saturated heterocycles. The third-order valence-electron chi connectivity index (χ3n) is 3.82. The van der Waals surface area contributed by atoms with Crippen LogP contribution >= 0.6 is 0 Å². The number of ether oxygens (including phenoxy) is 1. The van der Waals surface area contributed by atoms with Crippen LogP contribution in [0.4, 0.5) is 11.4 Å². The Morgan fingerprint density at radius 2 is 1.93 bits per heavy atom. The van der Waals surface area contributed by atoms with Crippen LogP contribution in [-0.4, -0.2) is 41.2 Å². The number of esters is 1. The summed E-state index contributed by atoms with van der Waals surface area (Å²) in [6, 6.07) is 12.9. The van der Waals surface area contributed by atoms with Crippen LogP contribution in [0.2, 0.25) is 0 Å². The number of amides is 1. The first kappa shape index (κ1) is 20.8. The Morgan fingerprint density at radius 1 is 1.21 bits per heavy atom. The molecule has 0 unspecified atom stereocenters. The monoisotopic (exact) mass is 387 g/mol. The Morgan fingerprint density at radius 3 is 2.57 bits per heavy atom. The van der Waals surface area contributed by atoms with Crippen molar-refractivity contribution in [3.8, 4) is 0 Å². The second-order valence-electron chi connectivity index (χ2n) is 5.89. The summed E-state index contributed by atoms with van der Waals surface area (Å²) in [7, 11) is 0. The van der Waals surface area contributed by atoms with E-state index >= 15 is 0 Å².